The number of hydrogen-bond donors (Lipinski definition) is 1. The highest BCUT2D eigenvalue weighted by Gasteiger charge is 2.68. The van der Waals surface area contributed by atoms with Crippen molar-refractivity contribution in [3.8, 4) is 0 Å². The van der Waals surface area contributed by atoms with Crippen molar-refractivity contribution in [2.24, 2.45) is 11.8 Å². The van der Waals surface area contributed by atoms with E-state index in [-0.39, 0.29) is 23.3 Å². The fraction of sp³-hybridized carbons (Fsp3) is 0.750. The summed E-state index contributed by atoms with van der Waals surface area (Å²) in [5.41, 5.74) is 0. The maximum Gasteiger partial charge on any atom is 0.275 e. The Hall–Kier alpha value is -1.02. The van der Waals surface area contributed by atoms with Gasteiger partial charge in [0, 0.05) is 24.3 Å². The highest BCUT2D eigenvalue weighted by atomic mass is 32.2. The largest absolute Gasteiger partial charge is 0.428 e. The van der Waals surface area contributed by atoms with E-state index < -0.39 is 27.9 Å². The average Bonchev–Trinajstić information content (AvgIpc) is 3.23. The molecule has 0 radical (unpaired) electrons. The van der Waals surface area contributed by atoms with Crippen molar-refractivity contribution in [2.45, 2.75) is 48.7 Å². The molecular formula is C12H14F2N2O3S. The molecule has 0 unspecified atom stereocenters. The molecule has 5 nitrogen and oxygen atoms in total. The highest BCUT2D eigenvalue weighted by Crippen LogP contribution is 2.60. The summed E-state index contributed by atoms with van der Waals surface area (Å²) < 4.78 is 58.7. The Morgan fingerprint density at radius 1 is 1.35 bits per heavy atom. The third-order valence-electron chi connectivity index (χ3n) is 4.45. The molecule has 4 rings (SSSR count). The van der Waals surface area contributed by atoms with Crippen LogP contribution in [-0.4, -0.2) is 25.4 Å². The van der Waals surface area contributed by atoms with Gasteiger partial charge < -0.3 is 4.42 Å². The maximum absolute atomic E-state index is 13.5. The number of oxazole rings is 1. The van der Waals surface area contributed by atoms with Gasteiger partial charge in [-0.3, -0.25) is 0 Å². The van der Waals surface area contributed by atoms with Crippen molar-refractivity contribution in [1.29, 1.82) is 0 Å². The van der Waals surface area contributed by atoms with Gasteiger partial charge in [-0.2, -0.15) is 0 Å². The molecule has 3 aliphatic rings. The molecule has 0 amide bonds. The molecule has 1 aromatic rings. The highest BCUT2D eigenvalue weighted by molar-refractivity contribution is 7.89. The summed E-state index contributed by atoms with van der Waals surface area (Å²) in [7, 11) is -3.89. The summed E-state index contributed by atoms with van der Waals surface area (Å²) in [6.45, 7) is 0. The van der Waals surface area contributed by atoms with Gasteiger partial charge in [0.15, 0.2) is 5.89 Å². The second-order valence-corrected chi connectivity index (χ2v) is 7.57. The standard InChI is InChI=1S/C12H14F2N2O3S/c13-12(14)4-3-7-9(12)10(7)16-20(17,18)8-5-15-11(19-8)6-1-2-6/h5-7,9-10,16H,1-4H2/t7-,9+,10+/m0/s1. The number of hydrogen-bond acceptors (Lipinski definition) is 4. The molecule has 0 aliphatic heterocycles. The van der Waals surface area contributed by atoms with Crippen LogP contribution in [0, 0.1) is 11.8 Å². The molecule has 3 saturated carbocycles. The van der Waals surface area contributed by atoms with Crippen molar-refractivity contribution in [2.75, 3.05) is 0 Å². The van der Waals surface area contributed by atoms with E-state index in [4.69, 9.17) is 4.42 Å². The Bertz CT molecular complexity index is 653. The Labute approximate surface area is 114 Å². The van der Waals surface area contributed by atoms with Gasteiger partial charge >= 0.3 is 0 Å². The first-order chi connectivity index (χ1) is 9.38. The number of aromatic nitrogens is 1. The summed E-state index contributed by atoms with van der Waals surface area (Å²) >= 11 is 0. The van der Waals surface area contributed by atoms with Crippen LogP contribution in [0.2, 0.25) is 0 Å². The summed E-state index contributed by atoms with van der Waals surface area (Å²) in [4.78, 5) is 3.94. The van der Waals surface area contributed by atoms with Crippen molar-refractivity contribution in [3.63, 3.8) is 0 Å². The SMILES string of the molecule is O=S(=O)(N[C@@H]1[C@H]2CCC(F)(F)[C@H]21)c1cnc(C2CC2)o1. The normalized spacial score (nSPS) is 35.0. The number of rotatable bonds is 4. The number of nitrogens with zero attached hydrogens (tertiary/aromatic N) is 1. The molecule has 8 heteroatoms. The Balaban J connectivity index is 1.50. The lowest BCUT2D eigenvalue weighted by Crippen LogP contribution is -2.32. The molecule has 1 N–H and O–H groups in total. The second kappa shape index (κ2) is 3.79. The monoisotopic (exact) mass is 304 g/mol. The fourth-order valence-electron chi connectivity index (χ4n) is 3.15. The van der Waals surface area contributed by atoms with E-state index in [1.165, 1.54) is 0 Å². The fourth-order valence-corrected chi connectivity index (χ4v) is 4.33. The van der Waals surface area contributed by atoms with E-state index in [0.717, 1.165) is 19.0 Å². The quantitative estimate of drug-likeness (QED) is 0.922. The molecule has 0 bridgehead atoms. The minimum absolute atomic E-state index is 0.144. The van der Waals surface area contributed by atoms with Gasteiger partial charge in [-0.05, 0) is 25.2 Å². The number of fused-ring (bicyclic) bond motifs is 1. The van der Waals surface area contributed by atoms with Gasteiger partial charge in [-0.15, -0.1) is 0 Å². The summed E-state index contributed by atoms with van der Waals surface area (Å²) in [5, 5.41) is -0.271. The molecule has 3 fully saturated rings. The van der Waals surface area contributed by atoms with Gasteiger partial charge in [-0.1, -0.05) is 0 Å². The molecule has 3 aliphatic carbocycles. The minimum atomic E-state index is -3.89. The van der Waals surface area contributed by atoms with E-state index in [9.17, 15) is 17.2 Å². The predicted octanol–water partition coefficient (Wildman–Crippen LogP) is 1.87. The smallest absolute Gasteiger partial charge is 0.275 e. The lowest BCUT2D eigenvalue weighted by Gasteiger charge is -2.13. The van der Waals surface area contributed by atoms with Crippen LogP contribution in [0.3, 0.4) is 0 Å². The average molecular weight is 304 g/mol. The van der Waals surface area contributed by atoms with Gasteiger partial charge in [0.2, 0.25) is 0 Å². The first-order valence-electron chi connectivity index (χ1n) is 6.74. The van der Waals surface area contributed by atoms with Gasteiger partial charge in [0.1, 0.15) is 0 Å². The third-order valence-corrected chi connectivity index (χ3v) is 5.75. The molecule has 20 heavy (non-hydrogen) atoms. The van der Waals surface area contributed by atoms with Crippen molar-refractivity contribution >= 4 is 10.0 Å². The van der Waals surface area contributed by atoms with E-state index in [1.807, 2.05) is 0 Å². The molecule has 0 aromatic carbocycles. The molecule has 1 aromatic heterocycles. The molecule has 3 atom stereocenters. The van der Waals surface area contributed by atoms with E-state index in [1.54, 1.807) is 0 Å². The third kappa shape index (κ3) is 1.88. The Morgan fingerprint density at radius 3 is 2.70 bits per heavy atom. The van der Waals surface area contributed by atoms with Crippen LogP contribution in [0.1, 0.15) is 37.5 Å². The number of halogens is 2. The minimum Gasteiger partial charge on any atom is -0.428 e. The first kappa shape index (κ1) is 12.7. The van der Waals surface area contributed by atoms with Crippen LogP contribution in [0.4, 0.5) is 8.78 Å². The zero-order chi connectivity index (χ0) is 14.1. The van der Waals surface area contributed by atoms with Crippen molar-refractivity contribution < 1.29 is 21.6 Å². The maximum atomic E-state index is 13.5. The number of nitrogens with one attached hydrogen (secondary N) is 1. The van der Waals surface area contributed by atoms with Crippen molar-refractivity contribution in [3.05, 3.63) is 12.1 Å². The lowest BCUT2D eigenvalue weighted by atomic mass is 10.2. The summed E-state index contributed by atoms with van der Waals surface area (Å²) in [6, 6.07) is -0.668. The van der Waals surface area contributed by atoms with Crippen LogP contribution in [0.15, 0.2) is 15.7 Å². The van der Waals surface area contributed by atoms with Crippen LogP contribution >= 0.6 is 0 Å². The van der Waals surface area contributed by atoms with Gasteiger partial charge in [-0.25, -0.2) is 26.9 Å². The molecule has 0 spiro atoms. The second-order valence-electron chi connectivity index (χ2n) is 5.93. The molecular weight excluding hydrogens is 290 g/mol. The predicted molar refractivity (Wildman–Crippen MR) is 63.7 cm³/mol. The Kier molecular flexibility index (Phi) is 2.41. The molecule has 1 heterocycles. The van der Waals surface area contributed by atoms with Crippen LogP contribution in [0.25, 0.3) is 0 Å². The van der Waals surface area contributed by atoms with E-state index >= 15 is 0 Å². The lowest BCUT2D eigenvalue weighted by molar-refractivity contribution is -0.0171. The van der Waals surface area contributed by atoms with Crippen LogP contribution in [0.5, 0.6) is 0 Å². The van der Waals surface area contributed by atoms with E-state index in [0.29, 0.717) is 12.3 Å². The summed E-state index contributed by atoms with van der Waals surface area (Å²) in [5.74, 6) is -3.22. The first-order valence-corrected chi connectivity index (χ1v) is 8.23. The topological polar surface area (TPSA) is 72.2 Å². The summed E-state index contributed by atoms with van der Waals surface area (Å²) in [6.07, 6.45) is 3.29. The zero-order valence-corrected chi connectivity index (χ0v) is 11.4. The number of sulfonamides is 1. The van der Waals surface area contributed by atoms with Crippen LogP contribution in [-0.2, 0) is 10.0 Å². The van der Waals surface area contributed by atoms with Gasteiger partial charge in [0.05, 0.1) is 6.20 Å². The zero-order valence-electron chi connectivity index (χ0n) is 10.6. The Morgan fingerprint density at radius 2 is 2.10 bits per heavy atom. The molecule has 110 valence electrons. The van der Waals surface area contributed by atoms with Crippen molar-refractivity contribution in [1.82, 2.24) is 9.71 Å². The molecule has 0 saturated heterocycles. The van der Waals surface area contributed by atoms with E-state index in [2.05, 4.69) is 9.71 Å². The van der Waals surface area contributed by atoms with Crippen LogP contribution < -0.4 is 4.72 Å². The number of alkyl halides is 2. The van der Waals surface area contributed by atoms with Gasteiger partial charge in [0.25, 0.3) is 21.0 Å².